The van der Waals surface area contributed by atoms with Gasteiger partial charge in [-0.15, -0.1) is 0 Å². The third kappa shape index (κ3) is 5.86. The summed E-state index contributed by atoms with van der Waals surface area (Å²) in [6, 6.07) is 13.5. The molecular weight excluding hydrogens is 435 g/mol. The van der Waals surface area contributed by atoms with E-state index in [1.165, 1.54) is 13.8 Å². The number of anilines is 2. The van der Waals surface area contributed by atoms with Crippen molar-refractivity contribution in [1.82, 2.24) is 0 Å². The zero-order valence-electron chi connectivity index (χ0n) is 13.7. The van der Waals surface area contributed by atoms with Gasteiger partial charge in [-0.25, -0.2) is 4.79 Å². The fourth-order valence-electron chi connectivity index (χ4n) is 1.95. The molecule has 6 nitrogen and oxygen atoms in total. The van der Waals surface area contributed by atoms with E-state index in [9.17, 15) is 14.4 Å². The van der Waals surface area contributed by atoms with E-state index >= 15 is 0 Å². The fraction of sp³-hybridized carbons (Fsp3) is 0.167. The second kappa shape index (κ2) is 8.61. The van der Waals surface area contributed by atoms with E-state index in [0.29, 0.717) is 16.9 Å². The van der Waals surface area contributed by atoms with Crippen LogP contribution in [0, 0.1) is 3.57 Å². The molecule has 0 aromatic heterocycles. The van der Waals surface area contributed by atoms with E-state index in [0.717, 1.165) is 3.57 Å². The molecule has 0 aliphatic carbocycles. The maximum absolute atomic E-state index is 12.1. The van der Waals surface area contributed by atoms with Gasteiger partial charge in [0.2, 0.25) is 5.91 Å². The summed E-state index contributed by atoms with van der Waals surface area (Å²) in [5, 5.41) is 5.29. The topological polar surface area (TPSA) is 84.5 Å². The minimum absolute atomic E-state index is 0.173. The van der Waals surface area contributed by atoms with Crippen molar-refractivity contribution in [2.45, 2.75) is 20.0 Å². The average molecular weight is 452 g/mol. The number of halogens is 1. The lowest BCUT2D eigenvalue weighted by Gasteiger charge is -2.14. The summed E-state index contributed by atoms with van der Waals surface area (Å²) in [7, 11) is 0. The summed E-state index contributed by atoms with van der Waals surface area (Å²) in [5.74, 6) is -1.17. The highest BCUT2D eigenvalue weighted by atomic mass is 127. The summed E-state index contributed by atoms with van der Waals surface area (Å²) >= 11 is 2.14. The lowest BCUT2D eigenvalue weighted by molar-refractivity contribution is -0.123. The molecular formula is C18H17IN2O4. The molecule has 0 bridgehead atoms. The van der Waals surface area contributed by atoms with E-state index < -0.39 is 18.0 Å². The Bertz CT molecular complexity index is 773. The van der Waals surface area contributed by atoms with Gasteiger partial charge >= 0.3 is 5.97 Å². The number of nitrogens with one attached hydrogen (secondary N) is 2. The van der Waals surface area contributed by atoms with Gasteiger partial charge in [0.1, 0.15) is 0 Å². The van der Waals surface area contributed by atoms with E-state index in [-0.39, 0.29) is 5.91 Å². The van der Waals surface area contributed by atoms with Gasteiger partial charge in [-0.05, 0) is 78.0 Å². The van der Waals surface area contributed by atoms with E-state index in [2.05, 4.69) is 33.2 Å². The van der Waals surface area contributed by atoms with Crippen LogP contribution in [-0.2, 0) is 14.3 Å². The third-order valence-corrected chi connectivity index (χ3v) is 3.92. The molecule has 1 atom stereocenters. The molecule has 2 rings (SSSR count). The molecule has 0 aliphatic rings. The number of carbonyl (C=O) groups is 3. The number of benzene rings is 2. The number of carbonyl (C=O) groups excluding carboxylic acids is 3. The lowest BCUT2D eigenvalue weighted by Crippen LogP contribution is -2.30. The lowest BCUT2D eigenvalue weighted by atomic mass is 10.2. The van der Waals surface area contributed by atoms with Crippen LogP contribution in [0.15, 0.2) is 48.5 Å². The molecule has 2 N–H and O–H groups in total. The van der Waals surface area contributed by atoms with Crippen LogP contribution in [0.25, 0.3) is 0 Å². The highest BCUT2D eigenvalue weighted by molar-refractivity contribution is 14.1. The molecule has 2 aromatic carbocycles. The molecule has 130 valence electrons. The second-order valence-corrected chi connectivity index (χ2v) is 6.55. The van der Waals surface area contributed by atoms with Crippen LogP contribution >= 0.6 is 22.6 Å². The normalized spacial score (nSPS) is 11.3. The van der Waals surface area contributed by atoms with Crippen LogP contribution in [0.5, 0.6) is 0 Å². The molecule has 0 unspecified atom stereocenters. The summed E-state index contributed by atoms with van der Waals surface area (Å²) < 4.78 is 6.18. The van der Waals surface area contributed by atoms with Gasteiger partial charge in [-0.3, -0.25) is 9.59 Å². The maximum atomic E-state index is 12.1. The first-order valence-corrected chi connectivity index (χ1v) is 8.58. The van der Waals surface area contributed by atoms with Gasteiger partial charge in [0.25, 0.3) is 5.91 Å². The van der Waals surface area contributed by atoms with Crippen LogP contribution in [-0.4, -0.2) is 23.9 Å². The molecule has 0 spiro atoms. The Hall–Kier alpha value is -2.42. The van der Waals surface area contributed by atoms with E-state index in [1.54, 1.807) is 48.5 Å². The van der Waals surface area contributed by atoms with Crippen molar-refractivity contribution in [2.24, 2.45) is 0 Å². The van der Waals surface area contributed by atoms with Crippen LogP contribution in [0.1, 0.15) is 24.2 Å². The van der Waals surface area contributed by atoms with Crippen LogP contribution in [0.2, 0.25) is 0 Å². The Morgan fingerprint density at radius 1 is 0.920 bits per heavy atom. The molecule has 0 saturated carbocycles. The largest absolute Gasteiger partial charge is 0.449 e. The molecule has 2 aromatic rings. The Labute approximate surface area is 159 Å². The Morgan fingerprint density at radius 2 is 1.44 bits per heavy atom. The molecule has 7 heteroatoms. The van der Waals surface area contributed by atoms with Gasteiger partial charge in [0, 0.05) is 21.9 Å². The molecule has 0 fully saturated rings. The van der Waals surface area contributed by atoms with Gasteiger partial charge in [-0.1, -0.05) is 0 Å². The summed E-state index contributed by atoms with van der Waals surface area (Å²) in [5.41, 5.74) is 1.56. The first kappa shape index (κ1) is 18.9. The zero-order chi connectivity index (χ0) is 18.4. The van der Waals surface area contributed by atoms with Crippen molar-refractivity contribution in [3.05, 3.63) is 57.7 Å². The third-order valence-electron chi connectivity index (χ3n) is 3.21. The quantitative estimate of drug-likeness (QED) is 0.538. The predicted molar refractivity (Wildman–Crippen MR) is 103 cm³/mol. The molecule has 25 heavy (non-hydrogen) atoms. The van der Waals surface area contributed by atoms with Crippen molar-refractivity contribution in [3.8, 4) is 0 Å². The van der Waals surface area contributed by atoms with Crippen molar-refractivity contribution in [2.75, 3.05) is 10.6 Å². The standard InChI is InChI=1S/C18H17IN2O4/c1-11(25-18(24)13-3-5-14(19)6-4-13)17(23)21-16-9-7-15(8-10-16)20-12(2)22/h3-11H,1-2H3,(H,20,22)(H,21,23)/t11-/m1/s1. The highest BCUT2D eigenvalue weighted by Crippen LogP contribution is 2.14. The molecule has 0 aliphatic heterocycles. The second-order valence-electron chi connectivity index (χ2n) is 5.30. The summed E-state index contributed by atoms with van der Waals surface area (Å²) in [6.07, 6.45) is -0.943. The minimum Gasteiger partial charge on any atom is -0.449 e. The predicted octanol–water partition coefficient (Wildman–Crippen LogP) is 3.43. The molecule has 0 radical (unpaired) electrons. The highest BCUT2D eigenvalue weighted by Gasteiger charge is 2.19. The van der Waals surface area contributed by atoms with Gasteiger partial charge in [-0.2, -0.15) is 0 Å². The van der Waals surface area contributed by atoms with Crippen molar-refractivity contribution in [1.29, 1.82) is 0 Å². The summed E-state index contributed by atoms with van der Waals surface area (Å²) in [6.45, 7) is 2.92. The van der Waals surface area contributed by atoms with E-state index in [4.69, 9.17) is 4.74 Å². The maximum Gasteiger partial charge on any atom is 0.338 e. The Kier molecular flexibility index (Phi) is 6.51. The minimum atomic E-state index is -0.943. The van der Waals surface area contributed by atoms with E-state index in [1.807, 2.05) is 0 Å². The van der Waals surface area contributed by atoms with Crippen LogP contribution < -0.4 is 10.6 Å². The number of hydrogen-bond acceptors (Lipinski definition) is 4. The Morgan fingerprint density at radius 3 is 1.96 bits per heavy atom. The summed E-state index contributed by atoms with van der Waals surface area (Å²) in [4.78, 5) is 35.1. The van der Waals surface area contributed by atoms with Gasteiger partial charge < -0.3 is 15.4 Å². The average Bonchev–Trinajstić information content (AvgIpc) is 2.56. The number of ether oxygens (including phenoxy) is 1. The SMILES string of the molecule is CC(=O)Nc1ccc(NC(=O)[C@@H](C)OC(=O)c2ccc(I)cc2)cc1. The number of amides is 2. The zero-order valence-corrected chi connectivity index (χ0v) is 15.9. The van der Waals surface area contributed by atoms with Gasteiger partial charge in [0.15, 0.2) is 6.10 Å². The van der Waals surface area contributed by atoms with Crippen molar-refractivity contribution in [3.63, 3.8) is 0 Å². The number of rotatable bonds is 5. The molecule has 2 amide bonds. The number of hydrogen-bond donors (Lipinski definition) is 2. The van der Waals surface area contributed by atoms with Crippen molar-refractivity contribution >= 4 is 51.7 Å². The molecule has 0 heterocycles. The number of esters is 1. The fourth-order valence-corrected chi connectivity index (χ4v) is 2.31. The monoisotopic (exact) mass is 452 g/mol. The first-order chi connectivity index (χ1) is 11.8. The van der Waals surface area contributed by atoms with Crippen molar-refractivity contribution < 1.29 is 19.1 Å². The van der Waals surface area contributed by atoms with Crippen LogP contribution in [0.4, 0.5) is 11.4 Å². The van der Waals surface area contributed by atoms with Crippen LogP contribution in [0.3, 0.4) is 0 Å². The van der Waals surface area contributed by atoms with Gasteiger partial charge in [0.05, 0.1) is 5.56 Å². The Balaban J connectivity index is 1.92. The smallest absolute Gasteiger partial charge is 0.338 e. The molecule has 0 saturated heterocycles. The first-order valence-electron chi connectivity index (χ1n) is 7.50.